The molecule has 0 spiro atoms. The Balaban J connectivity index is 1.75. The lowest BCUT2D eigenvalue weighted by molar-refractivity contribution is -0.154. The number of hydrogen-bond acceptors (Lipinski definition) is 3. The number of methoxy groups -OCH3 is 1. The summed E-state index contributed by atoms with van der Waals surface area (Å²) in [5, 5.41) is 10.8. The summed E-state index contributed by atoms with van der Waals surface area (Å²) in [7, 11) is 3.60. The van der Waals surface area contributed by atoms with Crippen LogP contribution in [0.4, 0.5) is 0 Å². The van der Waals surface area contributed by atoms with Crippen LogP contribution in [0.25, 0.3) is 10.9 Å². The van der Waals surface area contributed by atoms with E-state index in [2.05, 4.69) is 41.3 Å². The van der Waals surface area contributed by atoms with Gasteiger partial charge in [0.25, 0.3) is 0 Å². The van der Waals surface area contributed by atoms with E-state index in [1.54, 1.807) is 0 Å². The van der Waals surface area contributed by atoms with E-state index in [9.17, 15) is 9.90 Å². The van der Waals surface area contributed by atoms with E-state index in [1.165, 1.54) is 29.1 Å². The summed E-state index contributed by atoms with van der Waals surface area (Å²) >= 11 is 0. The fourth-order valence-corrected chi connectivity index (χ4v) is 4.70. The number of aromatic amines is 1. The van der Waals surface area contributed by atoms with Crippen LogP contribution in [-0.4, -0.2) is 53.8 Å². The van der Waals surface area contributed by atoms with Gasteiger partial charge in [-0.1, -0.05) is 12.1 Å². The molecule has 2 unspecified atom stereocenters. The molecule has 5 nitrogen and oxygen atoms in total. The van der Waals surface area contributed by atoms with Crippen molar-refractivity contribution in [2.45, 2.75) is 30.9 Å². The second kappa shape index (κ2) is 5.35. The number of likely N-dealkylation sites (tertiary alicyclic amines) is 1. The predicted octanol–water partition coefficient (Wildman–Crippen LogP) is 2.23. The number of nitrogens with one attached hydrogen (secondary N) is 1. The van der Waals surface area contributed by atoms with E-state index in [0.29, 0.717) is 12.0 Å². The van der Waals surface area contributed by atoms with Crippen LogP contribution in [-0.2, 0) is 16.0 Å². The van der Waals surface area contributed by atoms with Crippen LogP contribution in [0.2, 0.25) is 0 Å². The van der Waals surface area contributed by atoms with Gasteiger partial charge < -0.3 is 19.7 Å². The highest BCUT2D eigenvalue weighted by atomic mass is 16.5. The van der Waals surface area contributed by atoms with Crippen LogP contribution >= 0.6 is 0 Å². The number of carbonyl (C=O) groups is 1. The van der Waals surface area contributed by atoms with Crippen molar-refractivity contribution in [3.8, 4) is 0 Å². The number of carboxylic acid groups (broad SMARTS) is 1. The molecular formula is C18H22N2O3. The standard InChI is InChI=1S/C18H22N2O3/c1-20-9-11(17(23-2)18(21)22)6-13-12-4-3-5-14-16(12)10(8-19-14)7-15(13)20/h3-5,8,11,13,15,17,19H,6-7,9H2,1-2H3,(H,21,22)/t11-,13?,15-,17?/m1/s1. The Kier molecular flexibility index (Phi) is 3.43. The third-order valence-electron chi connectivity index (χ3n) is 5.68. The fraction of sp³-hybridized carbons (Fsp3) is 0.500. The molecule has 0 saturated carbocycles. The molecular weight excluding hydrogens is 292 g/mol. The van der Waals surface area contributed by atoms with Gasteiger partial charge >= 0.3 is 5.97 Å². The Hall–Kier alpha value is -1.85. The smallest absolute Gasteiger partial charge is 0.333 e. The number of benzene rings is 1. The van der Waals surface area contributed by atoms with Crippen molar-refractivity contribution < 1.29 is 14.6 Å². The first-order valence-corrected chi connectivity index (χ1v) is 8.15. The monoisotopic (exact) mass is 314 g/mol. The van der Waals surface area contributed by atoms with Crippen molar-refractivity contribution in [1.29, 1.82) is 0 Å². The number of carboxylic acids is 1. The van der Waals surface area contributed by atoms with Crippen molar-refractivity contribution in [1.82, 2.24) is 9.88 Å². The number of piperidine rings is 1. The zero-order valence-electron chi connectivity index (χ0n) is 13.5. The van der Waals surface area contributed by atoms with E-state index in [4.69, 9.17) is 4.74 Å². The van der Waals surface area contributed by atoms with Gasteiger partial charge in [-0.2, -0.15) is 0 Å². The first kappa shape index (κ1) is 14.7. The SMILES string of the molecule is COC(C(=O)O)[C@@H]1CC2c3cccc4[nH]cc(c34)C[C@H]2N(C)C1. The Morgan fingerprint density at radius 1 is 1.48 bits per heavy atom. The number of aliphatic carboxylic acids is 1. The largest absolute Gasteiger partial charge is 0.479 e. The Morgan fingerprint density at radius 3 is 3.04 bits per heavy atom. The van der Waals surface area contributed by atoms with Crippen LogP contribution in [0.1, 0.15) is 23.5 Å². The van der Waals surface area contributed by atoms with Crippen molar-refractivity contribution in [3.05, 3.63) is 35.5 Å². The Labute approximate surface area is 135 Å². The lowest BCUT2D eigenvalue weighted by atomic mass is 9.71. The molecule has 4 atom stereocenters. The van der Waals surface area contributed by atoms with Gasteiger partial charge in [-0.05, 0) is 37.1 Å². The van der Waals surface area contributed by atoms with Crippen LogP contribution in [0.5, 0.6) is 0 Å². The molecule has 1 fully saturated rings. The number of fused-ring (bicyclic) bond motifs is 2. The van der Waals surface area contributed by atoms with E-state index in [1.807, 2.05) is 0 Å². The lowest BCUT2D eigenvalue weighted by Crippen LogP contribution is -2.51. The first-order chi connectivity index (χ1) is 11.1. The maximum absolute atomic E-state index is 11.5. The number of hydrogen-bond donors (Lipinski definition) is 2. The molecule has 0 amide bonds. The topological polar surface area (TPSA) is 65.6 Å². The minimum Gasteiger partial charge on any atom is -0.479 e. The molecule has 5 heteroatoms. The van der Waals surface area contributed by atoms with E-state index >= 15 is 0 Å². The lowest BCUT2D eigenvalue weighted by Gasteiger charge is -2.46. The third-order valence-corrected chi connectivity index (χ3v) is 5.68. The molecule has 4 rings (SSSR count). The van der Waals surface area contributed by atoms with E-state index in [-0.39, 0.29) is 5.92 Å². The molecule has 1 aliphatic heterocycles. The van der Waals surface area contributed by atoms with Gasteiger partial charge in [-0.15, -0.1) is 0 Å². The van der Waals surface area contributed by atoms with E-state index < -0.39 is 12.1 Å². The van der Waals surface area contributed by atoms with Gasteiger partial charge in [0.15, 0.2) is 6.10 Å². The molecule has 0 radical (unpaired) electrons. The number of aromatic nitrogens is 1. The van der Waals surface area contributed by atoms with Crippen molar-refractivity contribution >= 4 is 16.9 Å². The van der Waals surface area contributed by atoms with Crippen LogP contribution in [0.3, 0.4) is 0 Å². The highest BCUT2D eigenvalue weighted by molar-refractivity contribution is 5.88. The normalized spacial score (nSPS) is 28.5. The summed E-state index contributed by atoms with van der Waals surface area (Å²) in [6.07, 6.45) is 3.28. The highest BCUT2D eigenvalue weighted by Gasteiger charge is 2.43. The van der Waals surface area contributed by atoms with Gasteiger partial charge in [0.1, 0.15) is 0 Å². The predicted molar refractivity (Wildman–Crippen MR) is 87.7 cm³/mol. The molecule has 2 N–H and O–H groups in total. The minimum atomic E-state index is -0.860. The molecule has 23 heavy (non-hydrogen) atoms. The van der Waals surface area contributed by atoms with Crippen LogP contribution in [0, 0.1) is 5.92 Å². The number of H-pyrrole nitrogens is 1. The quantitative estimate of drug-likeness (QED) is 0.912. The van der Waals surface area contributed by atoms with E-state index in [0.717, 1.165) is 19.4 Å². The number of ether oxygens (including phenoxy) is 1. The van der Waals surface area contributed by atoms with Gasteiger partial charge in [0, 0.05) is 48.6 Å². The molecule has 2 heterocycles. The average molecular weight is 314 g/mol. The summed E-state index contributed by atoms with van der Waals surface area (Å²) < 4.78 is 5.27. The molecule has 1 saturated heterocycles. The summed E-state index contributed by atoms with van der Waals surface area (Å²) in [5.74, 6) is -0.483. The van der Waals surface area contributed by atoms with Gasteiger partial charge in [-0.25, -0.2) is 4.79 Å². The maximum atomic E-state index is 11.5. The molecule has 2 aromatic rings. The summed E-state index contributed by atoms with van der Waals surface area (Å²) in [6.45, 7) is 0.766. The zero-order valence-corrected chi connectivity index (χ0v) is 13.5. The van der Waals surface area contributed by atoms with Crippen LogP contribution < -0.4 is 0 Å². The van der Waals surface area contributed by atoms with Gasteiger partial charge in [0.2, 0.25) is 0 Å². The Morgan fingerprint density at radius 2 is 2.30 bits per heavy atom. The zero-order chi connectivity index (χ0) is 16.1. The Bertz CT molecular complexity index is 754. The summed E-state index contributed by atoms with van der Waals surface area (Å²) in [5.41, 5.74) is 3.91. The van der Waals surface area contributed by atoms with Gasteiger partial charge in [-0.3, -0.25) is 0 Å². The minimum absolute atomic E-state index is 0.0134. The average Bonchev–Trinajstić information content (AvgIpc) is 2.94. The molecule has 2 aliphatic rings. The fourth-order valence-electron chi connectivity index (χ4n) is 4.70. The molecule has 1 aromatic carbocycles. The second-order valence-electron chi connectivity index (χ2n) is 6.89. The molecule has 1 aromatic heterocycles. The molecule has 1 aliphatic carbocycles. The van der Waals surface area contributed by atoms with Crippen molar-refractivity contribution in [3.63, 3.8) is 0 Å². The molecule has 0 bridgehead atoms. The second-order valence-corrected chi connectivity index (χ2v) is 6.89. The molecule has 122 valence electrons. The third kappa shape index (κ3) is 2.18. The number of nitrogens with zero attached hydrogens (tertiary/aromatic N) is 1. The summed E-state index contributed by atoms with van der Waals surface area (Å²) in [6, 6.07) is 6.85. The van der Waals surface area contributed by atoms with Crippen molar-refractivity contribution in [2.24, 2.45) is 5.92 Å². The summed E-state index contributed by atoms with van der Waals surface area (Å²) in [4.78, 5) is 17.2. The maximum Gasteiger partial charge on any atom is 0.333 e. The first-order valence-electron chi connectivity index (χ1n) is 8.15. The number of likely N-dealkylation sites (N-methyl/N-ethyl adjacent to an activating group) is 1. The highest BCUT2D eigenvalue weighted by Crippen LogP contribution is 2.45. The van der Waals surface area contributed by atoms with Crippen LogP contribution in [0.15, 0.2) is 24.4 Å². The van der Waals surface area contributed by atoms with Gasteiger partial charge in [0.05, 0.1) is 0 Å². The number of rotatable bonds is 3. The van der Waals surface area contributed by atoms with Crippen molar-refractivity contribution in [2.75, 3.05) is 20.7 Å².